The molecule has 1 aliphatic heterocycles. The van der Waals surface area contributed by atoms with Crippen LogP contribution < -0.4 is 19.5 Å². The Morgan fingerprint density at radius 2 is 1.61 bits per heavy atom. The molecule has 28 heavy (non-hydrogen) atoms. The highest BCUT2D eigenvalue weighted by Crippen LogP contribution is 2.18. The predicted molar refractivity (Wildman–Crippen MR) is 116 cm³/mol. The maximum absolute atomic E-state index is 5.82. The van der Waals surface area contributed by atoms with Gasteiger partial charge in [0.15, 0.2) is 5.11 Å². The summed E-state index contributed by atoms with van der Waals surface area (Å²) in [5.74, 6) is 2.51. The zero-order valence-corrected chi connectivity index (χ0v) is 17.2. The van der Waals surface area contributed by atoms with Crippen molar-refractivity contribution in [1.82, 2.24) is 9.80 Å². The molecule has 1 N–H and O–H groups in total. The highest BCUT2D eigenvalue weighted by Gasteiger charge is 2.19. The minimum absolute atomic E-state index is 0.666. The average molecular weight is 402 g/mol. The average Bonchev–Trinajstić information content (AvgIpc) is 2.75. The lowest BCUT2D eigenvalue weighted by atomic mass is 10.3. The fraction of sp³-hybridized carbons (Fsp3) is 0.381. The van der Waals surface area contributed by atoms with Crippen molar-refractivity contribution in [2.24, 2.45) is 0 Å². The second kappa shape index (κ2) is 10.1. The van der Waals surface area contributed by atoms with Gasteiger partial charge in [-0.1, -0.05) is 6.07 Å². The largest absolute Gasteiger partial charge is 0.497 e. The van der Waals surface area contributed by atoms with Gasteiger partial charge in [-0.2, -0.15) is 0 Å². The Hall–Kier alpha value is -2.51. The summed E-state index contributed by atoms with van der Waals surface area (Å²) in [7, 11) is 3.32. The van der Waals surface area contributed by atoms with E-state index in [0.717, 1.165) is 60.8 Å². The lowest BCUT2D eigenvalue weighted by Crippen LogP contribution is -2.50. The zero-order chi connectivity index (χ0) is 19.8. The van der Waals surface area contributed by atoms with Gasteiger partial charge < -0.3 is 24.4 Å². The molecular formula is C21H27N3O3S. The summed E-state index contributed by atoms with van der Waals surface area (Å²) < 4.78 is 16.2. The molecule has 1 fully saturated rings. The maximum atomic E-state index is 5.82. The van der Waals surface area contributed by atoms with Crippen LogP contribution in [0.3, 0.4) is 0 Å². The second-order valence-electron chi connectivity index (χ2n) is 6.51. The minimum atomic E-state index is 0.666. The van der Waals surface area contributed by atoms with Gasteiger partial charge in [0.05, 0.1) is 14.2 Å². The van der Waals surface area contributed by atoms with Crippen LogP contribution in [-0.2, 0) is 0 Å². The number of benzene rings is 2. The molecule has 0 unspecified atom stereocenters. The lowest BCUT2D eigenvalue weighted by Gasteiger charge is -2.36. The number of anilines is 1. The van der Waals surface area contributed by atoms with Crippen molar-refractivity contribution < 1.29 is 14.2 Å². The fourth-order valence-electron chi connectivity index (χ4n) is 3.04. The first-order valence-corrected chi connectivity index (χ1v) is 9.78. The molecule has 1 heterocycles. The first-order chi connectivity index (χ1) is 13.7. The summed E-state index contributed by atoms with van der Waals surface area (Å²) in [6.45, 7) is 5.29. The number of thiocarbonyl (C=S) groups is 1. The van der Waals surface area contributed by atoms with Crippen LogP contribution in [-0.4, -0.2) is 68.5 Å². The molecule has 150 valence electrons. The van der Waals surface area contributed by atoms with E-state index in [1.807, 2.05) is 48.5 Å². The number of nitrogens with one attached hydrogen (secondary N) is 1. The molecule has 6 nitrogen and oxygen atoms in total. The summed E-state index contributed by atoms with van der Waals surface area (Å²) in [5.41, 5.74) is 0.944. The molecule has 0 spiro atoms. The van der Waals surface area contributed by atoms with Gasteiger partial charge in [0.2, 0.25) is 0 Å². The maximum Gasteiger partial charge on any atom is 0.173 e. The Bertz CT molecular complexity index is 762. The third-order valence-electron chi connectivity index (χ3n) is 4.72. The Morgan fingerprint density at radius 1 is 0.929 bits per heavy atom. The van der Waals surface area contributed by atoms with Gasteiger partial charge in [0, 0.05) is 44.5 Å². The lowest BCUT2D eigenvalue weighted by molar-refractivity contribution is 0.155. The summed E-state index contributed by atoms with van der Waals surface area (Å²) in [5, 5.41) is 4.05. The van der Waals surface area contributed by atoms with Gasteiger partial charge in [0.25, 0.3) is 0 Å². The van der Waals surface area contributed by atoms with Crippen LogP contribution in [0.25, 0.3) is 0 Å². The van der Waals surface area contributed by atoms with Crippen LogP contribution in [0.1, 0.15) is 0 Å². The molecule has 0 aliphatic carbocycles. The SMILES string of the molecule is COc1ccc(OCCN2CCN(C(=S)Nc3cccc(OC)c3)CC2)cc1. The number of ether oxygens (including phenoxy) is 3. The first kappa shape index (κ1) is 20.2. The highest BCUT2D eigenvalue weighted by molar-refractivity contribution is 7.80. The van der Waals surface area contributed by atoms with Crippen molar-refractivity contribution in [2.45, 2.75) is 0 Å². The Morgan fingerprint density at radius 3 is 2.29 bits per heavy atom. The van der Waals surface area contributed by atoms with E-state index < -0.39 is 0 Å². The van der Waals surface area contributed by atoms with Gasteiger partial charge in [-0.25, -0.2) is 0 Å². The van der Waals surface area contributed by atoms with Crippen LogP contribution in [0.4, 0.5) is 5.69 Å². The molecular weight excluding hydrogens is 374 g/mol. The monoisotopic (exact) mass is 401 g/mol. The van der Waals surface area contributed by atoms with Gasteiger partial charge >= 0.3 is 0 Å². The van der Waals surface area contributed by atoms with E-state index in [1.165, 1.54) is 0 Å². The van der Waals surface area contributed by atoms with Crippen molar-refractivity contribution in [2.75, 3.05) is 58.9 Å². The van der Waals surface area contributed by atoms with Gasteiger partial charge in [-0.15, -0.1) is 0 Å². The van der Waals surface area contributed by atoms with Crippen LogP contribution in [0.5, 0.6) is 17.2 Å². The number of hydrogen-bond acceptors (Lipinski definition) is 5. The van der Waals surface area contributed by atoms with Crippen molar-refractivity contribution in [3.8, 4) is 17.2 Å². The number of nitrogens with zero attached hydrogens (tertiary/aromatic N) is 2. The topological polar surface area (TPSA) is 46.2 Å². The van der Waals surface area contributed by atoms with Crippen molar-refractivity contribution >= 4 is 23.0 Å². The molecule has 3 rings (SSSR count). The van der Waals surface area contributed by atoms with Crippen LogP contribution in [0.15, 0.2) is 48.5 Å². The number of piperazine rings is 1. The van der Waals surface area contributed by atoms with E-state index in [1.54, 1.807) is 14.2 Å². The Labute approximate surface area is 172 Å². The standard InChI is InChI=1S/C21H27N3O3S/c1-25-18-6-8-19(9-7-18)27-15-14-23-10-12-24(13-11-23)21(28)22-17-4-3-5-20(16-17)26-2/h3-9,16H,10-15H2,1-2H3,(H,22,28). The molecule has 0 saturated carbocycles. The molecule has 1 aliphatic rings. The zero-order valence-electron chi connectivity index (χ0n) is 16.4. The quantitative estimate of drug-likeness (QED) is 0.716. The van der Waals surface area contributed by atoms with E-state index in [4.69, 9.17) is 26.4 Å². The number of methoxy groups -OCH3 is 2. The Balaban J connectivity index is 1.38. The fourth-order valence-corrected chi connectivity index (χ4v) is 3.34. The molecule has 0 amide bonds. The number of rotatable bonds is 7. The Kier molecular flexibility index (Phi) is 7.33. The van der Waals surface area contributed by atoms with Gasteiger partial charge in [-0.3, -0.25) is 4.90 Å². The molecule has 0 radical (unpaired) electrons. The van der Waals surface area contributed by atoms with Crippen molar-refractivity contribution in [3.63, 3.8) is 0 Å². The molecule has 0 atom stereocenters. The summed E-state index contributed by atoms with van der Waals surface area (Å²) in [6.07, 6.45) is 0. The van der Waals surface area contributed by atoms with Gasteiger partial charge in [0.1, 0.15) is 23.9 Å². The van der Waals surface area contributed by atoms with E-state index in [0.29, 0.717) is 6.61 Å². The van der Waals surface area contributed by atoms with Crippen LogP contribution >= 0.6 is 12.2 Å². The highest BCUT2D eigenvalue weighted by atomic mass is 32.1. The third kappa shape index (κ3) is 5.74. The molecule has 2 aromatic rings. The molecule has 2 aromatic carbocycles. The summed E-state index contributed by atoms with van der Waals surface area (Å²) in [6, 6.07) is 15.5. The van der Waals surface area contributed by atoms with E-state index in [-0.39, 0.29) is 0 Å². The van der Waals surface area contributed by atoms with Crippen molar-refractivity contribution in [1.29, 1.82) is 0 Å². The summed E-state index contributed by atoms with van der Waals surface area (Å²) >= 11 is 5.57. The second-order valence-corrected chi connectivity index (χ2v) is 6.90. The van der Waals surface area contributed by atoms with E-state index in [9.17, 15) is 0 Å². The molecule has 1 saturated heterocycles. The van der Waals surface area contributed by atoms with Gasteiger partial charge in [-0.05, 0) is 48.6 Å². The predicted octanol–water partition coefficient (Wildman–Crippen LogP) is 3.10. The molecule has 0 aromatic heterocycles. The normalized spacial score (nSPS) is 14.4. The minimum Gasteiger partial charge on any atom is -0.497 e. The number of hydrogen-bond donors (Lipinski definition) is 1. The van der Waals surface area contributed by atoms with Crippen molar-refractivity contribution in [3.05, 3.63) is 48.5 Å². The third-order valence-corrected chi connectivity index (χ3v) is 5.08. The molecule has 0 bridgehead atoms. The van der Waals surface area contributed by atoms with Crippen LogP contribution in [0.2, 0.25) is 0 Å². The van der Waals surface area contributed by atoms with E-state index >= 15 is 0 Å². The summed E-state index contributed by atoms with van der Waals surface area (Å²) in [4.78, 5) is 4.60. The molecule has 7 heteroatoms. The van der Waals surface area contributed by atoms with E-state index in [2.05, 4.69) is 15.1 Å². The van der Waals surface area contributed by atoms with Crippen LogP contribution in [0, 0.1) is 0 Å². The smallest absolute Gasteiger partial charge is 0.173 e. The first-order valence-electron chi connectivity index (χ1n) is 9.37.